The average Bonchev–Trinajstić information content (AvgIpc) is 2.24. The van der Waals surface area contributed by atoms with E-state index >= 15 is 0 Å². The van der Waals surface area contributed by atoms with Crippen LogP contribution in [0.15, 0.2) is 18.2 Å². The van der Waals surface area contributed by atoms with Crippen LogP contribution in [0.1, 0.15) is 37.0 Å². The lowest BCUT2D eigenvalue weighted by molar-refractivity contribution is 0.468. The summed E-state index contributed by atoms with van der Waals surface area (Å²) < 4.78 is 0. The highest BCUT2D eigenvalue weighted by Crippen LogP contribution is 2.26. The molecule has 0 heterocycles. The van der Waals surface area contributed by atoms with Crippen molar-refractivity contribution in [2.24, 2.45) is 0 Å². The van der Waals surface area contributed by atoms with Gasteiger partial charge in [0.2, 0.25) is 0 Å². The molecule has 0 amide bonds. The predicted molar refractivity (Wildman–Crippen MR) is 77.1 cm³/mol. The van der Waals surface area contributed by atoms with Crippen molar-refractivity contribution >= 4 is 11.6 Å². The fourth-order valence-corrected chi connectivity index (χ4v) is 2.39. The number of nitrogens with one attached hydrogen (secondary N) is 1. The molecule has 0 spiro atoms. The van der Waals surface area contributed by atoms with E-state index in [0.29, 0.717) is 0 Å². The molecule has 0 saturated carbocycles. The van der Waals surface area contributed by atoms with Gasteiger partial charge >= 0.3 is 0 Å². The molecule has 1 aromatic carbocycles. The van der Waals surface area contributed by atoms with Crippen LogP contribution in [-0.2, 0) is 5.41 Å². The molecule has 0 unspecified atom stereocenters. The highest BCUT2D eigenvalue weighted by Gasteiger charge is 2.21. The van der Waals surface area contributed by atoms with Crippen molar-refractivity contribution in [2.75, 3.05) is 19.0 Å². The molecular formula is C15H24ClN. The summed E-state index contributed by atoms with van der Waals surface area (Å²) in [5.41, 5.74) is 4.32. The van der Waals surface area contributed by atoms with Crippen molar-refractivity contribution < 1.29 is 0 Å². The Bertz CT molecular complexity index is 358. The third kappa shape index (κ3) is 4.33. The lowest BCUT2D eigenvalue weighted by Crippen LogP contribution is -2.34. The Labute approximate surface area is 111 Å². The summed E-state index contributed by atoms with van der Waals surface area (Å²) >= 11 is 5.67. The average molecular weight is 254 g/mol. The Hall–Kier alpha value is -0.530. The van der Waals surface area contributed by atoms with E-state index in [0.717, 1.165) is 25.4 Å². The number of alkyl halides is 1. The molecule has 17 heavy (non-hydrogen) atoms. The topological polar surface area (TPSA) is 12.0 Å². The van der Waals surface area contributed by atoms with Crippen molar-refractivity contribution in [3.05, 3.63) is 34.9 Å². The minimum absolute atomic E-state index is 0.171. The third-order valence-corrected chi connectivity index (χ3v) is 3.43. The standard InChI is InChI=1S/C15H24ClN/c1-12-6-7-14(13(2)10-12)15(3,4)11-17-9-5-8-16/h6-7,10,17H,5,8-9,11H2,1-4H3. The Morgan fingerprint density at radius 3 is 2.53 bits per heavy atom. The molecule has 2 heteroatoms. The molecule has 1 nitrogen and oxygen atoms in total. The smallest absolute Gasteiger partial charge is 0.0235 e. The Kier molecular flexibility index (Phi) is 5.48. The maximum atomic E-state index is 5.67. The first kappa shape index (κ1) is 14.5. The van der Waals surface area contributed by atoms with Crippen LogP contribution in [0.3, 0.4) is 0 Å². The third-order valence-electron chi connectivity index (χ3n) is 3.17. The number of benzene rings is 1. The molecule has 0 atom stereocenters. The number of aryl methyl sites for hydroxylation is 2. The van der Waals surface area contributed by atoms with Crippen molar-refractivity contribution in [2.45, 2.75) is 39.5 Å². The van der Waals surface area contributed by atoms with E-state index in [9.17, 15) is 0 Å². The summed E-state index contributed by atoms with van der Waals surface area (Å²) in [7, 11) is 0. The second-order valence-corrected chi connectivity index (χ2v) is 5.80. The molecule has 1 N–H and O–H groups in total. The zero-order valence-electron chi connectivity index (χ0n) is 11.4. The molecule has 1 aromatic rings. The number of rotatable bonds is 6. The van der Waals surface area contributed by atoms with Crippen LogP contribution < -0.4 is 5.32 Å². The highest BCUT2D eigenvalue weighted by atomic mass is 35.5. The summed E-state index contributed by atoms with van der Waals surface area (Å²) in [4.78, 5) is 0. The van der Waals surface area contributed by atoms with Gasteiger partial charge in [-0.1, -0.05) is 37.6 Å². The second kappa shape index (κ2) is 6.42. The number of hydrogen-bond acceptors (Lipinski definition) is 1. The van der Waals surface area contributed by atoms with Gasteiger partial charge in [0.1, 0.15) is 0 Å². The molecule has 0 aliphatic heterocycles. The molecule has 96 valence electrons. The molecule has 0 bridgehead atoms. The lowest BCUT2D eigenvalue weighted by Gasteiger charge is -2.28. The quantitative estimate of drug-likeness (QED) is 0.601. The molecule has 0 fully saturated rings. The maximum Gasteiger partial charge on any atom is 0.0235 e. The minimum Gasteiger partial charge on any atom is -0.316 e. The molecular weight excluding hydrogens is 230 g/mol. The van der Waals surface area contributed by atoms with Gasteiger partial charge in [0.05, 0.1) is 0 Å². The molecule has 0 aliphatic carbocycles. The van der Waals surface area contributed by atoms with E-state index in [1.807, 2.05) is 0 Å². The van der Waals surface area contributed by atoms with Crippen molar-refractivity contribution in [1.29, 1.82) is 0 Å². The monoisotopic (exact) mass is 253 g/mol. The summed E-state index contributed by atoms with van der Waals surface area (Å²) in [6, 6.07) is 6.71. The fourth-order valence-electron chi connectivity index (χ4n) is 2.26. The van der Waals surface area contributed by atoms with Gasteiger partial charge < -0.3 is 5.32 Å². The van der Waals surface area contributed by atoms with Crippen molar-refractivity contribution in [3.63, 3.8) is 0 Å². The second-order valence-electron chi connectivity index (χ2n) is 5.42. The van der Waals surface area contributed by atoms with Crippen LogP contribution in [0, 0.1) is 13.8 Å². The number of hydrogen-bond donors (Lipinski definition) is 1. The van der Waals surface area contributed by atoms with Gasteiger partial charge in [0.25, 0.3) is 0 Å². The van der Waals surface area contributed by atoms with E-state index in [-0.39, 0.29) is 5.41 Å². The predicted octanol–water partition coefficient (Wildman–Crippen LogP) is 3.80. The van der Waals surface area contributed by atoms with E-state index in [2.05, 4.69) is 51.2 Å². The minimum atomic E-state index is 0.171. The van der Waals surface area contributed by atoms with Gasteiger partial charge in [-0.25, -0.2) is 0 Å². The van der Waals surface area contributed by atoms with E-state index in [4.69, 9.17) is 11.6 Å². The van der Waals surface area contributed by atoms with Gasteiger partial charge in [-0.05, 0) is 37.9 Å². The Morgan fingerprint density at radius 2 is 1.94 bits per heavy atom. The SMILES string of the molecule is Cc1ccc(C(C)(C)CNCCCCl)c(C)c1. The van der Waals surface area contributed by atoms with Gasteiger partial charge in [-0.15, -0.1) is 11.6 Å². The number of halogens is 1. The lowest BCUT2D eigenvalue weighted by atomic mass is 9.81. The van der Waals surface area contributed by atoms with Gasteiger partial charge in [0, 0.05) is 17.8 Å². The van der Waals surface area contributed by atoms with Gasteiger partial charge in [-0.2, -0.15) is 0 Å². The highest BCUT2D eigenvalue weighted by molar-refractivity contribution is 6.17. The first-order chi connectivity index (χ1) is 7.97. The zero-order valence-corrected chi connectivity index (χ0v) is 12.2. The van der Waals surface area contributed by atoms with Crippen LogP contribution in [0.2, 0.25) is 0 Å². The summed E-state index contributed by atoms with van der Waals surface area (Å²) in [6.07, 6.45) is 1.03. The van der Waals surface area contributed by atoms with Crippen LogP contribution in [0.5, 0.6) is 0 Å². The summed E-state index contributed by atoms with van der Waals surface area (Å²) in [5, 5.41) is 3.48. The fraction of sp³-hybridized carbons (Fsp3) is 0.600. The van der Waals surface area contributed by atoms with Gasteiger partial charge in [-0.3, -0.25) is 0 Å². The summed E-state index contributed by atoms with van der Waals surface area (Å²) in [5.74, 6) is 0.733. The molecule has 0 saturated heterocycles. The van der Waals surface area contributed by atoms with Crippen molar-refractivity contribution in [3.8, 4) is 0 Å². The Morgan fingerprint density at radius 1 is 1.24 bits per heavy atom. The largest absolute Gasteiger partial charge is 0.316 e. The van der Waals surface area contributed by atoms with Crippen LogP contribution >= 0.6 is 11.6 Å². The molecule has 0 aromatic heterocycles. The normalized spacial score (nSPS) is 11.8. The first-order valence-electron chi connectivity index (χ1n) is 6.32. The Balaban J connectivity index is 2.68. The molecule has 0 radical (unpaired) electrons. The molecule has 0 aliphatic rings. The van der Waals surface area contributed by atoms with Gasteiger partial charge in [0.15, 0.2) is 0 Å². The maximum absolute atomic E-state index is 5.67. The zero-order chi connectivity index (χ0) is 12.9. The van der Waals surface area contributed by atoms with Crippen molar-refractivity contribution in [1.82, 2.24) is 5.32 Å². The van der Waals surface area contributed by atoms with E-state index in [1.54, 1.807) is 0 Å². The van der Waals surface area contributed by atoms with Crippen LogP contribution in [-0.4, -0.2) is 19.0 Å². The first-order valence-corrected chi connectivity index (χ1v) is 6.85. The van der Waals surface area contributed by atoms with E-state index < -0.39 is 0 Å². The van der Waals surface area contributed by atoms with Crippen LogP contribution in [0.4, 0.5) is 0 Å². The molecule has 1 rings (SSSR count). The van der Waals surface area contributed by atoms with Crippen LogP contribution in [0.25, 0.3) is 0 Å². The summed E-state index contributed by atoms with van der Waals surface area (Å²) in [6.45, 7) is 10.9. The van der Waals surface area contributed by atoms with E-state index in [1.165, 1.54) is 16.7 Å².